The molecule has 1 amide bonds. The summed E-state index contributed by atoms with van der Waals surface area (Å²) in [5, 5.41) is 2.67. The van der Waals surface area contributed by atoms with E-state index in [1.807, 2.05) is 6.92 Å². The first-order valence-electron chi connectivity index (χ1n) is 5.03. The third kappa shape index (κ3) is 3.20. The number of carbonyl (C=O) groups is 1. The summed E-state index contributed by atoms with van der Waals surface area (Å²) in [6.07, 6.45) is 1.42. The summed E-state index contributed by atoms with van der Waals surface area (Å²) in [5.41, 5.74) is 0.568. The van der Waals surface area contributed by atoms with Gasteiger partial charge in [-0.05, 0) is 13.8 Å². The maximum absolute atomic E-state index is 11.7. The van der Waals surface area contributed by atoms with Crippen molar-refractivity contribution in [1.82, 2.24) is 10.3 Å². The molecule has 0 saturated carbocycles. The van der Waals surface area contributed by atoms with Gasteiger partial charge in [-0.2, -0.15) is 0 Å². The molecule has 1 rings (SSSR count). The molecule has 16 heavy (non-hydrogen) atoms. The quantitative estimate of drug-likeness (QED) is 0.780. The van der Waals surface area contributed by atoms with Crippen LogP contribution >= 0.6 is 0 Å². The van der Waals surface area contributed by atoms with Gasteiger partial charge in [-0.15, -0.1) is 0 Å². The number of methoxy groups -OCH3 is 1. The molecular formula is C11H16N2O3. The van der Waals surface area contributed by atoms with E-state index in [0.717, 1.165) is 5.69 Å². The summed E-state index contributed by atoms with van der Waals surface area (Å²) in [6.45, 7) is 3.98. The number of pyridine rings is 1. The van der Waals surface area contributed by atoms with Gasteiger partial charge in [-0.25, -0.2) is 0 Å². The summed E-state index contributed by atoms with van der Waals surface area (Å²) in [7, 11) is 1.56. The van der Waals surface area contributed by atoms with Crippen LogP contribution in [0.4, 0.5) is 0 Å². The Kier molecular flexibility index (Phi) is 4.25. The Balaban J connectivity index is 2.77. The molecule has 5 heteroatoms. The zero-order valence-corrected chi connectivity index (χ0v) is 9.66. The van der Waals surface area contributed by atoms with Crippen LogP contribution in [0.5, 0.6) is 0 Å². The third-order valence-electron chi connectivity index (χ3n) is 2.10. The zero-order chi connectivity index (χ0) is 12.1. The summed E-state index contributed by atoms with van der Waals surface area (Å²) >= 11 is 0. The number of carbonyl (C=O) groups excluding carboxylic acids is 1. The Hall–Kier alpha value is -1.62. The monoisotopic (exact) mass is 224 g/mol. The number of amides is 1. The largest absolute Gasteiger partial charge is 0.383 e. The number of ether oxygens (including phenoxy) is 1. The fraction of sp³-hybridized carbons (Fsp3) is 0.455. The second-order valence-corrected chi connectivity index (χ2v) is 3.72. The van der Waals surface area contributed by atoms with E-state index in [-0.39, 0.29) is 22.9 Å². The molecule has 0 bridgehead atoms. The molecule has 1 atom stereocenters. The van der Waals surface area contributed by atoms with Crippen LogP contribution in [0.1, 0.15) is 23.0 Å². The maximum Gasteiger partial charge on any atom is 0.257 e. The Labute approximate surface area is 93.8 Å². The van der Waals surface area contributed by atoms with Crippen molar-refractivity contribution in [2.45, 2.75) is 19.9 Å². The van der Waals surface area contributed by atoms with E-state index in [9.17, 15) is 9.59 Å². The maximum atomic E-state index is 11.7. The standard InChI is InChI=1S/C11H16N2O3/c1-7-4-10(14)9(5-12-7)11(15)13-8(2)6-16-3/h4-5,8H,6H2,1-3H3,(H,12,14)(H,13,15). The smallest absolute Gasteiger partial charge is 0.257 e. The molecule has 0 saturated heterocycles. The van der Waals surface area contributed by atoms with Crippen LogP contribution in [0, 0.1) is 6.92 Å². The predicted molar refractivity (Wildman–Crippen MR) is 60.6 cm³/mol. The number of aryl methyl sites for hydroxylation is 1. The lowest BCUT2D eigenvalue weighted by Crippen LogP contribution is -2.37. The zero-order valence-electron chi connectivity index (χ0n) is 9.66. The molecule has 0 radical (unpaired) electrons. The summed E-state index contributed by atoms with van der Waals surface area (Å²) < 4.78 is 4.89. The number of aromatic amines is 1. The van der Waals surface area contributed by atoms with E-state index in [2.05, 4.69) is 10.3 Å². The molecule has 2 N–H and O–H groups in total. The molecule has 1 unspecified atom stereocenters. The number of hydrogen-bond donors (Lipinski definition) is 2. The molecule has 1 aromatic heterocycles. The highest BCUT2D eigenvalue weighted by Gasteiger charge is 2.12. The van der Waals surface area contributed by atoms with Crippen LogP contribution in [0.2, 0.25) is 0 Å². The summed E-state index contributed by atoms with van der Waals surface area (Å²) in [6, 6.07) is 1.27. The van der Waals surface area contributed by atoms with Gasteiger partial charge in [0.05, 0.1) is 6.61 Å². The highest BCUT2D eigenvalue weighted by molar-refractivity contribution is 5.93. The normalized spacial score (nSPS) is 12.2. The molecule has 1 aromatic rings. The van der Waals surface area contributed by atoms with Crippen molar-refractivity contribution in [3.63, 3.8) is 0 Å². The van der Waals surface area contributed by atoms with Crippen LogP contribution in [0.15, 0.2) is 17.1 Å². The first-order valence-corrected chi connectivity index (χ1v) is 5.03. The van der Waals surface area contributed by atoms with Crippen molar-refractivity contribution in [1.29, 1.82) is 0 Å². The Morgan fingerprint density at radius 2 is 2.31 bits per heavy atom. The van der Waals surface area contributed by atoms with Crippen LogP contribution in [-0.2, 0) is 4.74 Å². The van der Waals surface area contributed by atoms with E-state index in [1.165, 1.54) is 12.3 Å². The Morgan fingerprint density at radius 1 is 1.62 bits per heavy atom. The molecule has 0 aliphatic carbocycles. The van der Waals surface area contributed by atoms with Gasteiger partial charge in [0.2, 0.25) is 0 Å². The minimum Gasteiger partial charge on any atom is -0.383 e. The summed E-state index contributed by atoms with van der Waals surface area (Å²) in [5.74, 6) is -0.384. The van der Waals surface area contributed by atoms with Gasteiger partial charge >= 0.3 is 0 Å². The van der Waals surface area contributed by atoms with Crippen molar-refractivity contribution >= 4 is 5.91 Å². The highest BCUT2D eigenvalue weighted by atomic mass is 16.5. The third-order valence-corrected chi connectivity index (χ3v) is 2.10. The first-order chi connectivity index (χ1) is 7.54. The Bertz CT molecular complexity index is 425. The van der Waals surface area contributed by atoms with Gasteiger partial charge < -0.3 is 15.0 Å². The van der Waals surface area contributed by atoms with Crippen LogP contribution in [0.3, 0.4) is 0 Å². The average molecular weight is 224 g/mol. The average Bonchev–Trinajstić information content (AvgIpc) is 2.17. The highest BCUT2D eigenvalue weighted by Crippen LogP contribution is 1.93. The van der Waals surface area contributed by atoms with Crippen molar-refractivity contribution in [2.24, 2.45) is 0 Å². The van der Waals surface area contributed by atoms with Crippen LogP contribution in [0.25, 0.3) is 0 Å². The number of H-pyrrole nitrogens is 1. The molecular weight excluding hydrogens is 208 g/mol. The second-order valence-electron chi connectivity index (χ2n) is 3.72. The molecule has 1 heterocycles. The lowest BCUT2D eigenvalue weighted by molar-refractivity contribution is 0.0904. The van der Waals surface area contributed by atoms with Gasteiger partial charge in [0.25, 0.3) is 5.91 Å². The van der Waals surface area contributed by atoms with Crippen molar-refractivity contribution < 1.29 is 9.53 Å². The molecule has 0 fully saturated rings. The minimum atomic E-state index is -0.384. The lowest BCUT2D eigenvalue weighted by atomic mass is 10.2. The number of rotatable bonds is 4. The van der Waals surface area contributed by atoms with E-state index in [4.69, 9.17) is 4.74 Å². The molecule has 88 valence electrons. The molecule has 0 spiro atoms. The number of hydrogen-bond acceptors (Lipinski definition) is 3. The Morgan fingerprint density at radius 3 is 2.88 bits per heavy atom. The fourth-order valence-electron chi connectivity index (χ4n) is 1.34. The predicted octanol–water partition coefficient (Wildman–Crippen LogP) is 0.448. The molecule has 5 nitrogen and oxygen atoms in total. The molecule has 0 aliphatic heterocycles. The topological polar surface area (TPSA) is 71.2 Å². The SMILES string of the molecule is COCC(C)NC(=O)c1c[nH]c(C)cc1=O. The molecule has 0 aliphatic rings. The van der Waals surface area contributed by atoms with Gasteiger partial charge in [-0.1, -0.05) is 0 Å². The fourth-order valence-corrected chi connectivity index (χ4v) is 1.34. The van der Waals surface area contributed by atoms with Gasteiger partial charge in [-0.3, -0.25) is 9.59 Å². The van der Waals surface area contributed by atoms with E-state index in [1.54, 1.807) is 14.0 Å². The van der Waals surface area contributed by atoms with Crippen LogP contribution in [-0.4, -0.2) is 30.6 Å². The van der Waals surface area contributed by atoms with E-state index < -0.39 is 0 Å². The van der Waals surface area contributed by atoms with E-state index >= 15 is 0 Å². The van der Waals surface area contributed by atoms with Gasteiger partial charge in [0, 0.05) is 31.1 Å². The van der Waals surface area contributed by atoms with Gasteiger partial charge in [0.15, 0.2) is 5.43 Å². The van der Waals surface area contributed by atoms with Crippen molar-refractivity contribution in [2.75, 3.05) is 13.7 Å². The second kappa shape index (κ2) is 5.46. The minimum absolute atomic E-state index is 0.119. The van der Waals surface area contributed by atoms with Crippen molar-refractivity contribution in [3.8, 4) is 0 Å². The van der Waals surface area contributed by atoms with Gasteiger partial charge in [0.1, 0.15) is 5.56 Å². The first kappa shape index (κ1) is 12.4. The number of aromatic nitrogens is 1. The number of nitrogens with one attached hydrogen (secondary N) is 2. The van der Waals surface area contributed by atoms with Crippen LogP contribution < -0.4 is 10.7 Å². The molecule has 0 aromatic carbocycles. The lowest BCUT2D eigenvalue weighted by Gasteiger charge is -2.12. The van der Waals surface area contributed by atoms with Crippen molar-refractivity contribution in [3.05, 3.63) is 33.7 Å². The summed E-state index contributed by atoms with van der Waals surface area (Å²) in [4.78, 5) is 26.0. The van der Waals surface area contributed by atoms with E-state index in [0.29, 0.717) is 6.61 Å².